The van der Waals surface area contributed by atoms with Crippen molar-refractivity contribution >= 4 is 41.5 Å². The second-order valence-corrected chi connectivity index (χ2v) is 8.68. The first-order chi connectivity index (χ1) is 16.2. The molecule has 1 saturated heterocycles. The first-order valence-corrected chi connectivity index (χ1v) is 11.9. The van der Waals surface area contributed by atoms with Crippen molar-refractivity contribution in [2.75, 3.05) is 45.2 Å². The summed E-state index contributed by atoms with van der Waals surface area (Å²) in [4.78, 5) is 21.4. The van der Waals surface area contributed by atoms with E-state index >= 15 is 0 Å². The summed E-state index contributed by atoms with van der Waals surface area (Å²) >= 11 is 0. The molecule has 2 aliphatic heterocycles. The first kappa shape index (κ1) is 26.1. The third-order valence-electron chi connectivity index (χ3n) is 6.52. The van der Waals surface area contributed by atoms with Crippen molar-refractivity contribution in [3.63, 3.8) is 0 Å². The third kappa shape index (κ3) is 6.55. The zero-order valence-electron chi connectivity index (χ0n) is 20.1. The fourth-order valence-corrected chi connectivity index (χ4v) is 4.69. The number of carbonyl (C=O) groups excluding carboxylic acids is 1. The van der Waals surface area contributed by atoms with Crippen LogP contribution in [0.2, 0.25) is 0 Å². The van der Waals surface area contributed by atoms with E-state index in [1.165, 1.54) is 11.1 Å². The Hall–Kier alpha value is -2.49. The van der Waals surface area contributed by atoms with Gasteiger partial charge in [0.25, 0.3) is 0 Å². The van der Waals surface area contributed by atoms with Gasteiger partial charge >= 0.3 is 0 Å². The maximum absolute atomic E-state index is 12.7. The number of fused-ring (bicyclic) bond motifs is 1. The quantitative estimate of drug-likeness (QED) is 0.229. The van der Waals surface area contributed by atoms with Crippen LogP contribution < -0.4 is 20.3 Å². The smallest absolute Gasteiger partial charge is 0.222 e. The molecule has 4 rings (SSSR count). The lowest BCUT2D eigenvalue weighted by Crippen LogP contribution is -2.45. The number of anilines is 1. The molecule has 2 aliphatic rings. The average Bonchev–Trinajstić information content (AvgIpc) is 3.33. The van der Waals surface area contributed by atoms with Crippen LogP contribution in [0.4, 0.5) is 5.69 Å². The van der Waals surface area contributed by atoms with Gasteiger partial charge in [0.15, 0.2) is 5.96 Å². The molecule has 2 heterocycles. The minimum absolute atomic E-state index is 0. The van der Waals surface area contributed by atoms with Gasteiger partial charge in [0.1, 0.15) is 5.75 Å². The van der Waals surface area contributed by atoms with Crippen LogP contribution in [-0.4, -0.2) is 63.1 Å². The maximum Gasteiger partial charge on any atom is 0.222 e. The summed E-state index contributed by atoms with van der Waals surface area (Å²) in [5, 5.41) is 6.90. The van der Waals surface area contributed by atoms with Gasteiger partial charge in [0.05, 0.1) is 12.8 Å². The van der Waals surface area contributed by atoms with Gasteiger partial charge in [-0.3, -0.25) is 9.79 Å². The minimum Gasteiger partial charge on any atom is -0.495 e. The highest BCUT2D eigenvalue weighted by atomic mass is 127. The number of guanidine groups is 1. The zero-order valence-corrected chi connectivity index (χ0v) is 22.5. The summed E-state index contributed by atoms with van der Waals surface area (Å²) in [5.74, 6) is 1.93. The van der Waals surface area contributed by atoms with Crippen LogP contribution in [0.3, 0.4) is 0 Å². The van der Waals surface area contributed by atoms with Gasteiger partial charge in [-0.05, 0) is 42.5 Å². The first-order valence-electron chi connectivity index (χ1n) is 11.9. The van der Waals surface area contributed by atoms with Gasteiger partial charge in [0.2, 0.25) is 5.91 Å². The Kier molecular flexibility index (Phi) is 9.86. The zero-order chi connectivity index (χ0) is 23.0. The molecule has 1 atom stereocenters. The highest BCUT2D eigenvalue weighted by molar-refractivity contribution is 14.0. The number of halogens is 1. The summed E-state index contributed by atoms with van der Waals surface area (Å²) in [5.41, 5.74) is 3.78. The fraction of sp³-hybridized carbons (Fsp3) is 0.462. The molecule has 2 N–H and O–H groups in total. The molecule has 0 aliphatic carbocycles. The lowest BCUT2D eigenvalue weighted by atomic mass is 9.99. The predicted octanol–water partition coefficient (Wildman–Crippen LogP) is 3.42. The molecular weight excluding hydrogens is 541 g/mol. The van der Waals surface area contributed by atoms with Gasteiger partial charge in [-0.15, -0.1) is 24.0 Å². The number of methoxy groups -OCH3 is 1. The Labute approximate surface area is 220 Å². The number of carbonyl (C=O) groups is 1. The minimum atomic E-state index is 0. The monoisotopic (exact) mass is 577 g/mol. The molecule has 0 saturated carbocycles. The number of ether oxygens (including phenoxy) is 1. The summed E-state index contributed by atoms with van der Waals surface area (Å²) in [7, 11) is 3.50. The van der Waals surface area contributed by atoms with E-state index in [0.29, 0.717) is 12.5 Å². The topological polar surface area (TPSA) is 69.2 Å². The fourth-order valence-electron chi connectivity index (χ4n) is 4.69. The molecule has 34 heavy (non-hydrogen) atoms. The normalized spacial score (nSPS) is 17.6. The number of amides is 1. The molecule has 0 bridgehead atoms. The van der Waals surface area contributed by atoms with Crippen LogP contribution in [0.1, 0.15) is 30.4 Å². The van der Waals surface area contributed by atoms with Crippen molar-refractivity contribution < 1.29 is 9.53 Å². The van der Waals surface area contributed by atoms with Gasteiger partial charge < -0.3 is 25.2 Å². The van der Waals surface area contributed by atoms with Gasteiger partial charge in [0, 0.05) is 52.2 Å². The van der Waals surface area contributed by atoms with E-state index < -0.39 is 0 Å². The summed E-state index contributed by atoms with van der Waals surface area (Å²) in [6.45, 7) is 4.14. The highest BCUT2D eigenvalue weighted by Crippen LogP contribution is 2.30. The van der Waals surface area contributed by atoms with Crippen molar-refractivity contribution in [1.82, 2.24) is 15.5 Å². The van der Waals surface area contributed by atoms with Gasteiger partial charge in [-0.1, -0.05) is 36.4 Å². The standard InChI is InChI=1S/C26H35N5O2.HI/c1-27-26(29-22-14-17-30(19-22)23-10-5-6-11-24(23)33-2)28-15-7-12-25(32)31-16-13-20-8-3-4-9-21(20)18-31;/h3-6,8-11,22H,7,12-19H2,1-2H3,(H2,27,28,29);1H. The summed E-state index contributed by atoms with van der Waals surface area (Å²) in [6.07, 6.45) is 3.32. The van der Waals surface area contributed by atoms with Crippen molar-refractivity contribution in [2.45, 2.75) is 38.3 Å². The van der Waals surface area contributed by atoms with Crippen molar-refractivity contribution in [2.24, 2.45) is 4.99 Å². The summed E-state index contributed by atoms with van der Waals surface area (Å²) in [6, 6.07) is 16.9. The number of para-hydroxylation sites is 2. The Morgan fingerprint density at radius 2 is 1.88 bits per heavy atom. The van der Waals surface area contributed by atoms with E-state index in [0.717, 1.165) is 69.4 Å². The average molecular weight is 578 g/mol. The van der Waals surface area contributed by atoms with Crippen LogP contribution in [0.25, 0.3) is 0 Å². The van der Waals surface area contributed by atoms with E-state index in [9.17, 15) is 4.79 Å². The van der Waals surface area contributed by atoms with E-state index in [1.54, 1.807) is 14.2 Å². The van der Waals surface area contributed by atoms with Crippen molar-refractivity contribution in [3.8, 4) is 5.75 Å². The Balaban J connectivity index is 0.00000324. The van der Waals surface area contributed by atoms with Crippen LogP contribution in [-0.2, 0) is 17.8 Å². The lowest BCUT2D eigenvalue weighted by Gasteiger charge is -2.29. The SMILES string of the molecule is CN=C(NCCCC(=O)N1CCc2ccccc2C1)NC1CCN(c2ccccc2OC)C1.I. The summed E-state index contributed by atoms with van der Waals surface area (Å²) < 4.78 is 5.51. The lowest BCUT2D eigenvalue weighted by molar-refractivity contribution is -0.132. The number of hydrogen-bond donors (Lipinski definition) is 2. The van der Waals surface area contributed by atoms with E-state index in [2.05, 4.69) is 50.9 Å². The molecule has 184 valence electrons. The highest BCUT2D eigenvalue weighted by Gasteiger charge is 2.25. The molecule has 2 aromatic rings. The number of hydrogen-bond acceptors (Lipinski definition) is 4. The van der Waals surface area contributed by atoms with Gasteiger partial charge in [-0.2, -0.15) is 0 Å². The van der Waals surface area contributed by atoms with Crippen molar-refractivity contribution in [1.29, 1.82) is 0 Å². The Morgan fingerprint density at radius 1 is 1.12 bits per heavy atom. The Bertz CT molecular complexity index is 983. The number of rotatable bonds is 7. The number of nitrogens with one attached hydrogen (secondary N) is 2. The second-order valence-electron chi connectivity index (χ2n) is 8.68. The van der Waals surface area contributed by atoms with E-state index in [1.807, 2.05) is 23.1 Å². The number of nitrogens with zero attached hydrogens (tertiary/aromatic N) is 3. The second kappa shape index (κ2) is 12.8. The number of benzene rings is 2. The maximum atomic E-state index is 12.7. The molecule has 2 aromatic carbocycles. The van der Waals surface area contributed by atoms with E-state index in [-0.39, 0.29) is 29.9 Å². The molecule has 1 amide bonds. The van der Waals surface area contributed by atoms with Crippen LogP contribution in [0, 0.1) is 0 Å². The molecule has 7 nitrogen and oxygen atoms in total. The Morgan fingerprint density at radius 3 is 2.68 bits per heavy atom. The predicted molar refractivity (Wildman–Crippen MR) is 148 cm³/mol. The largest absolute Gasteiger partial charge is 0.495 e. The third-order valence-corrected chi connectivity index (χ3v) is 6.52. The van der Waals surface area contributed by atoms with Crippen LogP contribution in [0.5, 0.6) is 5.75 Å². The molecule has 8 heteroatoms. The molecule has 0 aromatic heterocycles. The molecule has 1 fully saturated rings. The van der Waals surface area contributed by atoms with Crippen LogP contribution in [0.15, 0.2) is 53.5 Å². The molecule has 1 unspecified atom stereocenters. The molecule has 0 radical (unpaired) electrons. The number of aliphatic imine (C=N–C) groups is 1. The van der Waals surface area contributed by atoms with Crippen LogP contribution >= 0.6 is 24.0 Å². The molecule has 0 spiro atoms. The van der Waals surface area contributed by atoms with Crippen molar-refractivity contribution in [3.05, 3.63) is 59.7 Å². The molecular formula is C26H36IN5O2. The van der Waals surface area contributed by atoms with Gasteiger partial charge in [-0.25, -0.2) is 0 Å². The van der Waals surface area contributed by atoms with E-state index in [4.69, 9.17) is 4.74 Å².